The quantitative estimate of drug-likeness (QED) is 0.126. The van der Waals surface area contributed by atoms with Crippen LogP contribution in [0.5, 0.6) is 5.75 Å². The molecule has 5 rings (SSSR count). The first-order valence-corrected chi connectivity index (χ1v) is 17.6. The van der Waals surface area contributed by atoms with Crippen LogP contribution in [-0.2, 0) is 31.0 Å². The number of piperidine rings is 1. The van der Waals surface area contributed by atoms with E-state index in [9.17, 15) is 14.4 Å². The molecule has 2 aliphatic carbocycles. The van der Waals surface area contributed by atoms with Gasteiger partial charge in [-0.2, -0.15) is 0 Å². The zero-order valence-corrected chi connectivity index (χ0v) is 28.5. The number of ether oxygens (including phenoxy) is 2. The first-order valence-electron chi connectivity index (χ1n) is 17.6. The SMILES string of the molecule is CC(=O)Oc1cccc([C@@]23CCN(CC4CC4)C[C@@]2(OC(C)=O)CC[C@@H](N(CC(C)C)C(=O)CCCCCc2ccccc2)C3)c1. The van der Waals surface area contributed by atoms with Gasteiger partial charge < -0.3 is 14.4 Å². The summed E-state index contributed by atoms with van der Waals surface area (Å²) in [6.07, 6.45) is 10.1. The maximum Gasteiger partial charge on any atom is 0.308 e. The molecule has 1 amide bonds. The van der Waals surface area contributed by atoms with Gasteiger partial charge in [0.2, 0.25) is 5.91 Å². The van der Waals surface area contributed by atoms with Crippen LogP contribution in [0.4, 0.5) is 0 Å². The molecule has 3 atom stereocenters. The van der Waals surface area contributed by atoms with Gasteiger partial charge in [-0.1, -0.05) is 62.7 Å². The molecule has 0 aromatic heterocycles. The summed E-state index contributed by atoms with van der Waals surface area (Å²) in [5, 5.41) is 0. The maximum atomic E-state index is 14.0. The zero-order chi connectivity index (χ0) is 32.7. The number of fused-ring (bicyclic) bond motifs is 1. The minimum Gasteiger partial charge on any atom is -0.457 e. The van der Waals surface area contributed by atoms with Gasteiger partial charge in [-0.25, -0.2) is 0 Å². The normalized spacial score (nSPS) is 24.7. The summed E-state index contributed by atoms with van der Waals surface area (Å²) in [4.78, 5) is 43.4. The number of carbonyl (C=O) groups is 3. The Labute approximate surface area is 276 Å². The summed E-state index contributed by atoms with van der Waals surface area (Å²) in [6.45, 7) is 10.6. The number of rotatable bonds is 14. The van der Waals surface area contributed by atoms with Crippen LogP contribution >= 0.6 is 0 Å². The maximum absolute atomic E-state index is 14.0. The van der Waals surface area contributed by atoms with Gasteiger partial charge in [0.15, 0.2) is 0 Å². The highest BCUT2D eigenvalue weighted by Gasteiger charge is 2.61. The molecule has 3 aliphatic rings. The Morgan fingerprint density at radius 1 is 0.935 bits per heavy atom. The number of carbonyl (C=O) groups excluding carboxylic acids is 3. The summed E-state index contributed by atoms with van der Waals surface area (Å²) in [7, 11) is 0. The summed E-state index contributed by atoms with van der Waals surface area (Å²) in [5.41, 5.74) is 1.14. The monoisotopic (exact) mass is 630 g/mol. The van der Waals surface area contributed by atoms with E-state index in [1.165, 1.54) is 32.3 Å². The van der Waals surface area contributed by atoms with Crippen LogP contribution in [0, 0.1) is 11.8 Å². The summed E-state index contributed by atoms with van der Waals surface area (Å²) in [5.74, 6) is 1.18. The van der Waals surface area contributed by atoms with Gasteiger partial charge in [-0.05, 0) is 99.4 Å². The molecule has 7 nitrogen and oxygen atoms in total. The van der Waals surface area contributed by atoms with E-state index >= 15 is 0 Å². The highest BCUT2D eigenvalue weighted by atomic mass is 16.6. The zero-order valence-electron chi connectivity index (χ0n) is 28.5. The summed E-state index contributed by atoms with van der Waals surface area (Å²) < 4.78 is 12.1. The minimum atomic E-state index is -0.721. The van der Waals surface area contributed by atoms with Crippen LogP contribution in [0.15, 0.2) is 54.6 Å². The van der Waals surface area contributed by atoms with Crippen LogP contribution in [0.3, 0.4) is 0 Å². The Balaban J connectivity index is 1.40. The standard InChI is InChI=1S/C39H54N2O5/c1-29(2)26-41(37(44)17-10-6-9-14-32-12-7-5-8-13-32)35-20-21-39(46-31(4)43)28-40(27-33-18-19-33)23-22-38(39,25-35)34-15-11-16-36(24-34)45-30(3)42/h5,7-8,11-13,15-16,24,29,33,35H,6,9-10,14,17-23,25-28H2,1-4H3/t35-,38+,39+/m1/s1. The molecule has 2 saturated carbocycles. The molecule has 1 aliphatic heterocycles. The van der Waals surface area contributed by atoms with Crippen LogP contribution in [-0.4, -0.2) is 65.5 Å². The molecule has 0 bridgehead atoms. The molecule has 3 fully saturated rings. The minimum absolute atomic E-state index is 0.0373. The number of unbranched alkanes of at least 4 members (excludes halogenated alkanes) is 2. The third-order valence-electron chi connectivity index (χ3n) is 10.4. The number of esters is 2. The molecule has 0 unspecified atom stereocenters. The van der Waals surface area contributed by atoms with Gasteiger partial charge in [0.25, 0.3) is 0 Å². The van der Waals surface area contributed by atoms with Gasteiger partial charge in [0.05, 0.1) is 0 Å². The molecule has 0 spiro atoms. The molecule has 0 N–H and O–H groups in total. The fourth-order valence-electron chi connectivity index (χ4n) is 8.19. The van der Waals surface area contributed by atoms with Gasteiger partial charge in [0, 0.05) is 51.4 Å². The third kappa shape index (κ3) is 8.39. The number of nitrogens with zero attached hydrogens (tertiary/aromatic N) is 2. The van der Waals surface area contributed by atoms with E-state index in [4.69, 9.17) is 9.47 Å². The van der Waals surface area contributed by atoms with E-state index in [1.807, 2.05) is 24.3 Å². The highest BCUT2D eigenvalue weighted by molar-refractivity contribution is 5.76. The second-order valence-corrected chi connectivity index (χ2v) is 14.6. The topological polar surface area (TPSA) is 76.2 Å². The fourth-order valence-corrected chi connectivity index (χ4v) is 8.19. The van der Waals surface area contributed by atoms with Crippen molar-refractivity contribution in [3.8, 4) is 5.75 Å². The number of aryl methyl sites for hydroxylation is 1. The van der Waals surface area contributed by atoms with Gasteiger partial charge in [-0.3, -0.25) is 19.3 Å². The lowest BCUT2D eigenvalue weighted by atomic mass is 9.54. The Hall–Kier alpha value is -3.19. The number of amides is 1. The number of benzene rings is 2. The molecule has 7 heteroatoms. The lowest BCUT2D eigenvalue weighted by molar-refractivity contribution is -0.190. The first-order chi connectivity index (χ1) is 22.1. The third-order valence-corrected chi connectivity index (χ3v) is 10.4. The Morgan fingerprint density at radius 2 is 1.72 bits per heavy atom. The van der Waals surface area contributed by atoms with Gasteiger partial charge in [-0.15, -0.1) is 0 Å². The van der Waals surface area contributed by atoms with Crippen molar-refractivity contribution in [1.82, 2.24) is 9.80 Å². The lowest BCUT2D eigenvalue weighted by Gasteiger charge is -2.60. The van der Waals surface area contributed by atoms with E-state index in [2.05, 4.69) is 54.0 Å². The highest BCUT2D eigenvalue weighted by Crippen LogP contribution is 2.55. The van der Waals surface area contributed by atoms with Crippen LogP contribution in [0.25, 0.3) is 0 Å². The van der Waals surface area contributed by atoms with Crippen molar-refractivity contribution in [2.45, 2.75) is 115 Å². The Kier molecular flexibility index (Phi) is 11.2. The molecule has 1 saturated heterocycles. The van der Waals surface area contributed by atoms with E-state index in [0.717, 1.165) is 63.1 Å². The predicted molar refractivity (Wildman–Crippen MR) is 181 cm³/mol. The van der Waals surface area contributed by atoms with E-state index in [-0.39, 0.29) is 23.9 Å². The molecule has 46 heavy (non-hydrogen) atoms. The van der Waals surface area contributed by atoms with Crippen molar-refractivity contribution < 1.29 is 23.9 Å². The number of likely N-dealkylation sites (tertiary alicyclic amines) is 1. The van der Waals surface area contributed by atoms with E-state index in [1.54, 1.807) is 0 Å². The van der Waals surface area contributed by atoms with E-state index in [0.29, 0.717) is 44.0 Å². The Bertz CT molecular complexity index is 1340. The van der Waals surface area contributed by atoms with Crippen molar-refractivity contribution in [2.24, 2.45) is 11.8 Å². The van der Waals surface area contributed by atoms with Crippen molar-refractivity contribution >= 4 is 17.8 Å². The lowest BCUT2D eigenvalue weighted by Crippen LogP contribution is -2.69. The predicted octanol–water partition coefficient (Wildman–Crippen LogP) is 7.11. The van der Waals surface area contributed by atoms with Gasteiger partial charge >= 0.3 is 11.9 Å². The molecule has 250 valence electrons. The molecule has 2 aromatic rings. The van der Waals surface area contributed by atoms with Crippen molar-refractivity contribution in [1.29, 1.82) is 0 Å². The molecule has 0 radical (unpaired) electrons. The molecular weight excluding hydrogens is 576 g/mol. The molecular formula is C39H54N2O5. The largest absolute Gasteiger partial charge is 0.457 e. The first kappa shape index (κ1) is 34.2. The van der Waals surface area contributed by atoms with Crippen LogP contribution < -0.4 is 4.74 Å². The number of hydrogen-bond donors (Lipinski definition) is 0. The second kappa shape index (κ2) is 15.1. The van der Waals surface area contributed by atoms with E-state index < -0.39 is 11.0 Å². The number of hydrogen-bond acceptors (Lipinski definition) is 6. The van der Waals surface area contributed by atoms with Crippen LogP contribution in [0.2, 0.25) is 0 Å². The summed E-state index contributed by atoms with van der Waals surface area (Å²) in [6, 6.07) is 18.4. The average molecular weight is 631 g/mol. The summed E-state index contributed by atoms with van der Waals surface area (Å²) >= 11 is 0. The fraction of sp³-hybridized carbons (Fsp3) is 0.615. The van der Waals surface area contributed by atoms with Crippen molar-refractivity contribution in [3.63, 3.8) is 0 Å². The Morgan fingerprint density at radius 3 is 2.41 bits per heavy atom. The second-order valence-electron chi connectivity index (χ2n) is 14.6. The van der Waals surface area contributed by atoms with Gasteiger partial charge in [0.1, 0.15) is 11.4 Å². The van der Waals surface area contributed by atoms with Crippen molar-refractivity contribution in [2.75, 3.05) is 26.2 Å². The van der Waals surface area contributed by atoms with Crippen molar-refractivity contribution in [3.05, 3.63) is 65.7 Å². The molecule has 1 heterocycles. The smallest absolute Gasteiger partial charge is 0.308 e. The average Bonchev–Trinajstić information content (AvgIpc) is 3.83. The van der Waals surface area contributed by atoms with Crippen LogP contribution in [0.1, 0.15) is 103 Å². The molecule has 2 aromatic carbocycles.